The molecule has 1 saturated heterocycles. The molecule has 3 rings (SSSR count). The summed E-state index contributed by atoms with van der Waals surface area (Å²) in [5.74, 6) is -0.502. The number of nitrogens with two attached hydrogens (primary N) is 1. The zero-order valence-electron chi connectivity index (χ0n) is 16.8. The first-order valence-electron chi connectivity index (χ1n) is 10.3. The summed E-state index contributed by atoms with van der Waals surface area (Å²) in [4.78, 5) is 25.3. The van der Waals surface area contributed by atoms with E-state index in [4.69, 9.17) is 22.1 Å². The monoisotopic (exact) mass is 457 g/mol. The molecule has 1 aromatic rings. The van der Waals surface area contributed by atoms with Crippen LogP contribution in [0.25, 0.3) is 0 Å². The van der Waals surface area contributed by atoms with Gasteiger partial charge in [-0.15, -0.1) is 0 Å². The van der Waals surface area contributed by atoms with E-state index in [0.717, 1.165) is 32.1 Å². The van der Waals surface area contributed by atoms with Gasteiger partial charge in [0, 0.05) is 25.0 Å². The SMILES string of the molecule is NC(=O)C1CCN(C(=O)COc2ccc(S(=O)(=O)NC3CCCCC3)cc2Cl)CC1. The van der Waals surface area contributed by atoms with Gasteiger partial charge in [0.05, 0.1) is 9.92 Å². The average molecular weight is 458 g/mol. The van der Waals surface area contributed by atoms with Gasteiger partial charge in [-0.1, -0.05) is 30.9 Å². The molecule has 1 saturated carbocycles. The highest BCUT2D eigenvalue weighted by Crippen LogP contribution is 2.28. The van der Waals surface area contributed by atoms with Gasteiger partial charge in [-0.3, -0.25) is 9.59 Å². The average Bonchev–Trinajstić information content (AvgIpc) is 2.73. The van der Waals surface area contributed by atoms with Gasteiger partial charge in [0.2, 0.25) is 15.9 Å². The number of nitrogens with one attached hydrogen (secondary N) is 1. The van der Waals surface area contributed by atoms with Gasteiger partial charge in [0.15, 0.2) is 6.61 Å². The highest BCUT2D eigenvalue weighted by molar-refractivity contribution is 7.89. The van der Waals surface area contributed by atoms with E-state index < -0.39 is 10.0 Å². The molecular weight excluding hydrogens is 430 g/mol. The number of rotatable bonds is 7. The Hall–Kier alpha value is -1.84. The Labute approximate surface area is 182 Å². The second kappa shape index (κ2) is 9.98. The van der Waals surface area contributed by atoms with Crippen molar-refractivity contribution >= 4 is 33.4 Å². The fourth-order valence-corrected chi connectivity index (χ4v) is 5.55. The van der Waals surface area contributed by atoms with E-state index in [1.165, 1.54) is 18.2 Å². The summed E-state index contributed by atoms with van der Waals surface area (Å²) in [6.45, 7) is 0.689. The molecule has 1 heterocycles. The lowest BCUT2D eigenvalue weighted by Gasteiger charge is -2.30. The van der Waals surface area contributed by atoms with Crippen LogP contribution in [-0.2, 0) is 19.6 Å². The smallest absolute Gasteiger partial charge is 0.260 e. The quantitative estimate of drug-likeness (QED) is 0.649. The van der Waals surface area contributed by atoms with E-state index in [9.17, 15) is 18.0 Å². The zero-order chi connectivity index (χ0) is 21.7. The fraction of sp³-hybridized carbons (Fsp3) is 0.600. The van der Waals surface area contributed by atoms with Gasteiger partial charge >= 0.3 is 0 Å². The third-order valence-electron chi connectivity index (χ3n) is 5.74. The van der Waals surface area contributed by atoms with Crippen LogP contribution >= 0.6 is 11.6 Å². The van der Waals surface area contributed by atoms with Crippen molar-refractivity contribution in [1.82, 2.24) is 9.62 Å². The van der Waals surface area contributed by atoms with Crippen LogP contribution in [0.2, 0.25) is 5.02 Å². The minimum Gasteiger partial charge on any atom is -0.482 e. The minimum absolute atomic E-state index is 0.0465. The summed E-state index contributed by atoms with van der Waals surface area (Å²) in [6.07, 6.45) is 5.95. The predicted molar refractivity (Wildman–Crippen MR) is 113 cm³/mol. The molecule has 2 amide bonds. The van der Waals surface area contributed by atoms with E-state index >= 15 is 0 Å². The molecular formula is C20H28ClN3O5S. The Morgan fingerprint density at radius 1 is 1.13 bits per heavy atom. The van der Waals surface area contributed by atoms with Crippen LogP contribution in [0.1, 0.15) is 44.9 Å². The molecule has 0 radical (unpaired) electrons. The molecule has 2 aliphatic rings. The van der Waals surface area contributed by atoms with Crippen molar-refractivity contribution in [3.05, 3.63) is 23.2 Å². The standard InChI is InChI=1S/C20H28ClN3O5S/c21-17-12-16(30(27,28)23-15-4-2-1-3-5-15)6-7-18(17)29-13-19(25)24-10-8-14(9-11-24)20(22)26/h6-7,12,14-15,23H,1-5,8-11,13H2,(H2,22,26). The topological polar surface area (TPSA) is 119 Å². The van der Waals surface area contributed by atoms with Gasteiger partial charge in [-0.2, -0.15) is 0 Å². The van der Waals surface area contributed by atoms with E-state index in [1.54, 1.807) is 4.90 Å². The number of hydrogen-bond acceptors (Lipinski definition) is 5. The fourth-order valence-electron chi connectivity index (χ4n) is 3.92. The molecule has 8 nitrogen and oxygen atoms in total. The Morgan fingerprint density at radius 2 is 1.80 bits per heavy atom. The van der Waals surface area contributed by atoms with Crippen molar-refractivity contribution in [3.8, 4) is 5.75 Å². The molecule has 1 aromatic carbocycles. The van der Waals surface area contributed by atoms with Crippen LogP contribution in [0.3, 0.4) is 0 Å². The maximum Gasteiger partial charge on any atom is 0.260 e. The number of carbonyl (C=O) groups is 2. The molecule has 0 spiro atoms. The van der Waals surface area contributed by atoms with Crippen molar-refractivity contribution in [2.45, 2.75) is 55.9 Å². The largest absolute Gasteiger partial charge is 0.482 e. The van der Waals surface area contributed by atoms with Crippen molar-refractivity contribution in [2.24, 2.45) is 11.7 Å². The van der Waals surface area contributed by atoms with Gasteiger partial charge in [0.25, 0.3) is 5.91 Å². The maximum absolute atomic E-state index is 12.6. The summed E-state index contributed by atoms with van der Waals surface area (Å²) < 4.78 is 33.5. The molecule has 10 heteroatoms. The number of benzene rings is 1. The van der Waals surface area contributed by atoms with E-state index in [2.05, 4.69) is 4.72 Å². The molecule has 0 aromatic heterocycles. The van der Waals surface area contributed by atoms with Crippen molar-refractivity contribution < 1.29 is 22.7 Å². The first-order chi connectivity index (χ1) is 14.3. The third kappa shape index (κ3) is 5.86. The first kappa shape index (κ1) is 22.8. The summed E-state index contributed by atoms with van der Waals surface area (Å²) in [6, 6.07) is 4.18. The number of amides is 2. The second-order valence-electron chi connectivity index (χ2n) is 7.89. The van der Waals surface area contributed by atoms with Crippen LogP contribution in [0.15, 0.2) is 23.1 Å². The number of hydrogen-bond donors (Lipinski definition) is 2. The second-order valence-corrected chi connectivity index (χ2v) is 10.0. The number of carbonyl (C=O) groups excluding carboxylic acids is 2. The lowest BCUT2D eigenvalue weighted by Crippen LogP contribution is -2.43. The first-order valence-corrected chi connectivity index (χ1v) is 12.1. The van der Waals surface area contributed by atoms with Gasteiger partial charge in [-0.05, 0) is 43.9 Å². The lowest BCUT2D eigenvalue weighted by atomic mass is 9.96. The number of halogens is 1. The van der Waals surface area contributed by atoms with Gasteiger partial charge < -0.3 is 15.4 Å². The molecule has 1 aliphatic carbocycles. The molecule has 3 N–H and O–H groups in total. The van der Waals surface area contributed by atoms with Crippen molar-refractivity contribution in [1.29, 1.82) is 0 Å². The highest BCUT2D eigenvalue weighted by atomic mass is 35.5. The highest BCUT2D eigenvalue weighted by Gasteiger charge is 2.26. The van der Waals surface area contributed by atoms with E-state index in [-0.39, 0.29) is 46.0 Å². The zero-order valence-corrected chi connectivity index (χ0v) is 18.4. The van der Waals surface area contributed by atoms with Crippen LogP contribution in [0.5, 0.6) is 5.75 Å². The molecule has 0 atom stereocenters. The Bertz CT molecular complexity index is 878. The van der Waals surface area contributed by atoms with Crippen LogP contribution < -0.4 is 15.2 Å². The number of likely N-dealkylation sites (tertiary alicyclic amines) is 1. The number of piperidine rings is 1. The predicted octanol–water partition coefficient (Wildman–Crippen LogP) is 2.05. The molecule has 0 unspecified atom stereocenters. The van der Waals surface area contributed by atoms with Crippen LogP contribution in [-0.4, -0.2) is 50.9 Å². The summed E-state index contributed by atoms with van der Waals surface area (Å²) in [5.41, 5.74) is 5.31. The Kier molecular flexibility index (Phi) is 7.60. The van der Waals surface area contributed by atoms with Gasteiger partial charge in [-0.25, -0.2) is 13.1 Å². The molecule has 2 fully saturated rings. The van der Waals surface area contributed by atoms with Gasteiger partial charge in [0.1, 0.15) is 5.75 Å². The molecule has 0 bridgehead atoms. The number of ether oxygens (including phenoxy) is 1. The van der Waals surface area contributed by atoms with E-state index in [0.29, 0.717) is 25.9 Å². The Balaban J connectivity index is 1.55. The summed E-state index contributed by atoms with van der Waals surface area (Å²) in [7, 11) is -3.66. The molecule has 1 aliphatic heterocycles. The normalized spacial score (nSPS) is 18.9. The van der Waals surface area contributed by atoms with Crippen LogP contribution in [0.4, 0.5) is 0 Å². The minimum atomic E-state index is -3.66. The number of sulfonamides is 1. The van der Waals surface area contributed by atoms with E-state index in [1.807, 2.05) is 0 Å². The Morgan fingerprint density at radius 3 is 2.40 bits per heavy atom. The molecule has 30 heavy (non-hydrogen) atoms. The lowest BCUT2D eigenvalue weighted by molar-refractivity contribution is -0.136. The summed E-state index contributed by atoms with van der Waals surface area (Å²) in [5, 5.41) is 0.127. The van der Waals surface area contributed by atoms with Crippen molar-refractivity contribution in [3.63, 3.8) is 0 Å². The third-order valence-corrected chi connectivity index (χ3v) is 7.56. The maximum atomic E-state index is 12.6. The number of primary amides is 1. The van der Waals surface area contributed by atoms with Crippen molar-refractivity contribution in [2.75, 3.05) is 19.7 Å². The molecule has 166 valence electrons. The summed E-state index contributed by atoms with van der Waals surface area (Å²) >= 11 is 6.21. The van der Waals surface area contributed by atoms with Crippen LogP contribution in [0, 0.1) is 5.92 Å². The number of nitrogens with zero attached hydrogens (tertiary/aromatic N) is 1.